The van der Waals surface area contributed by atoms with Gasteiger partial charge in [-0.3, -0.25) is 0 Å². The Kier molecular flexibility index (Phi) is 182. The van der Waals surface area contributed by atoms with E-state index in [4.69, 9.17) is 0 Å². The van der Waals surface area contributed by atoms with Gasteiger partial charge in [0.25, 0.3) is 0 Å². The lowest BCUT2D eigenvalue weighted by atomic mass is 10.4. The highest BCUT2D eigenvalue weighted by molar-refractivity contribution is 4.15. The maximum atomic E-state index is 2.18. The Labute approximate surface area is 213 Å². The molecule has 0 nitrogen and oxygen atoms in total. The molecule has 0 fully saturated rings. The third-order valence-corrected chi connectivity index (χ3v) is 4.00. The molecule has 0 rings (SSSR count). The largest absolute Gasteiger partial charge is 0.0654 e. The molecular formula is C32H80. The normalized spacial score (nSPS) is 7.50. The summed E-state index contributed by atoms with van der Waals surface area (Å²) in [6, 6.07) is 0. The first-order valence-electron chi connectivity index (χ1n) is 15.3. The van der Waals surface area contributed by atoms with Crippen molar-refractivity contribution in [2.24, 2.45) is 0 Å². The Morgan fingerprint density at radius 3 is 0.156 bits per heavy atom. The van der Waals surface area contributed by atoms with E-state index in [0.717, 1.165) is 0 Å². The van der Waals surface area contributed by atoms with E-state index >= 15 is 0 Å². The van der Waals surface area contributed by atoms with Crippen molar-refractivity contribution in [3.05, 3.63) is 0 Å². The van der Waals surface area contributed by atoms with E-state index < -0.39 is 0 Å². The van der Waals surface area contributed by atoms with Crippen LogP contribution in [0.3, 0.4) is 0 Å². The minimum Gasteiger partial charge on any atom is -0.0654 e. The summed E-state index contributed by atoms with van der Waals surface area (Å²) in [6.07, 6.45) is 21.1. The lowest BCUT2D eigenvalue weighted by Gasteiger charge is -1.68. The quantitative estimate of drug-likeness (QED) is 0.335. The fourth-order valence-corrected chi connectivity index (χ4v) is 0. The molecule has 0 N–H and O–H groups in total. The van der Waals surface area contributed by atoms with E-state index in [1.54, 1.807) is 0 Å². The van der Waals surface area contributed by atoms with Crippen LogP contribution in [0.2, 0.25) is 0 Å². The molecule has 0 unspecified atom stereocenters. The van der Waals surface area contributed by atoms with Crippen molar-refractivity contribution >= 4 is 0 Å². The Bertz CT molecular complexity index is 64.0. The molecule has 0 aromatic rings. The Hall–Kier alpha value is 0. The van der Waals surface area contributed by atoms with E-state index in [2.05, 4.69) is 111 Å². The van der Waals surface area contributed by atoms with E-state index in [9.17, 15) is 0 Å². The van der Waals surface area contributed by atoms with Gasteiger partial charge in [0.1, 0.15) is 0 Å². The highest BCUT2D eigenvalue weighted by atomic mass is 13.7. The predicted octanol–water partition coefficient (Wildman–Crippen LogP) is 14.5. The fraction of sp³-hybridized carbons (Fsp3) is 1.00. The van der Waals surface area contributed by atoms with E-state index in [0.29, 0.717) is 0 Å². The zero-order chi connectivity index (χ0) is 27.3. The minimum atomic E-state index is 1.32. The molecule has 0 saturated heterocycles. The van der Waals surface area contributed by atoms with Gasteiger partial charge in [-0.25, -0.2) is 0 Å². The van der Waals surface area contributed by atoms with Crippen molar-refractivity contribution in [3.63, 3.8) is 0 Å². The molecular weight excluding hydrogens is 384 g/mol. The van der Waals surface area contributed by atoms with Crippen LogP contribution in [-0.4, -0.2) is 0 Å². The van der Waals surface area contributed by atoms with Gasteiger partial charge in [-0.1, -0.05) is 214 Å². The van der Waals surface area contributed by atoms with Gasteiger partial charge in [-0.2, -0.15) is 0 Å². The summed E-state index contributed by atoms with van der Waals surface area (Å²) in [7, 11) is 0. The lowest BCUT2D eigenvalue weighted by molar-refractivity contribution is 0.886. The smallest absolute Gasteiger partial charge is 0.0564 e. The number of hydrogen-bond donors (Lipinski definition) is 0. The van der Waals surface area contributed by atoms with Crippen LogP contribution in [0.1, 0.15) is 214 Å². The monoisotopic (exact) mass is 465 g/mol. The minimum absolute atomic E-state index is 1.32. The first-order chi connectivity index (χ1) is 15.3. The molecule has 0 heteroatoms. The van der Waals surface area contributed by atoms with Crippen molar-refractivity contribution in [2.75, 3.05) is 0 Å². The predicted molar refractivity (Wildman–Crippen MR) is 165 cm³/mol. The van der Waals surface area contributed by atoms with Gasteiger partial charge in [-0.05, 0) is 0 Å². The maximum Gasteiger partial charge on any atom is -0.0564 e. The van der Waals surface area contributed by atoms with Crippen LogP contribution in [0.25, 0.3) is 0 Å². The molecule has 0 radical (unpaired) electrons. The van der Waals surface area contributed by atoms with Crippen molar-refractivity contribution < 1.29 is 0 Å². The molecule has 0 heterocycles. The molecule has 0 aliphatic carbocycles. The van der Waals surface area contributed by atoms with Crippen LogP contribution in [0, 0.1) is 0 Å². The van der Waals surface area contributed by atoms with Crippen molar-refractivity contribution in [3.8, 4) is 0 Å². The zero-order valence-corrected chi connectivity index (χ0v) is 27.3. The van der Waals surface area contributed by atoms with E-state index in [-0.39, 0.29) is 0 Å². The van der Waals surface area contributed by atoms with Gasteiger partial charge in [0, 0.05) is 0 Å². The maximum absolute atomic E-state index is 2.18. The summed E-state index contributed by atoms with van der Waals surface area (Å²) in [6.45, 7) is 34.9. The van der Waals surface area contributed by atoms with E-state index in [1.165, 1.54) is 103 Å². The molecule has 32 heavy (non-hydrogen) atoms. The highest BCUT2D eigenvalue weighted by Gasteiger charge is 1.59. The molecule has 0 bridgehead atoms. The lowest BCUT2D eigenvalue weighted by Crippen LogP contribution is -1.47. The summed E-state index contributed by atoms with van der Waals surface area (Å²) in [5, 5.41) is 0. The molecule has 0 aliphatic heterocycles. The first-order valence-corrected chi connectivity index (χ1v) is 15.3. The molecule has 0 saturated carbocycles. The second-order valence-electron chi connectivity index (χ2n) is 8.00. The van der Waals surface area contributed by atoms with Crippen LogP contribution < -0.4 is 0 Å². The third-order valence-electron chi connectivity index (χ3n) is 4.00. The molecule has 0 aromatic carbocycles. The third kappa shape index (κ3) is 394. The van der Waals surface area contributed by atoms with Gasteiger partial charge in [0.2, 0.25) is 0 Å². The summed E-state index contributed by atoms with van der Waals surface area (Å²) in [5.74, 6) is 0. The number of hydrogen-bond acceptors (Lipinski definition) is 0. The summed E-state index contributed by atoms with van der Waals surface area (Å²) in [4.78, 5) is 0. The van der Waals surface area contributed by atoms with Gasteiger partial charge in [0.15, 0.2) is 0 Å². The second kappa shape index (κ2) is 109. The van der Waals surface area contributed by atoms with Crippen molar-refractivity contribution in [1.29, 1.82) is 0 Å². The molecule has 208 valence electrons. The first kappa shape index (κ1) is 53.4. The average Bonchev–Trinajstić information content (AvgIpc) is 2.89. The van der Waals surface area contributed by atoms with E-state index in [1.807, 2.05) is 0 Å². The summed E-state index contributed by atoms with van der Waals surface area (Å²) >= 11 is 0. The van der Waals surface area contributed by atoms with Crippen LogP contribution in [0.15, 0.2) is 0 Å². The SMILES string of the molecule is CCCC.CCCC.CCCC.CCCC.CCCC.CCCC.CCCC.CCCC. The molecule has 0 amide bonds. The van der Waals surface area contributed by atoms with Crippen LogP contribution in [0.4, 0.5) is 0 Å². The standard InChI is InChI=1S/8C4H10/c8*1-3-4-2/h8*3-4H2,1-2H3. The molecule has 0 aromatic heterocycles. The highest BCUT2D eigenvalue weighted by Crippen LogP contribution is 1.79. The molecule has 0 atom stereocenters. The summed E-state index contributed by atoms with van der Waals surface area (Å²) < 4.78 is 0. The fourth-order valence-electron chi connectivity index (χ4n) is 0. The van der Waals surface area contributed by atoms with Gasteiger partial charge in [0.05, 0.1) is 0 Å². The zero-order valence-electron chi connectivity index (χ0n) is 27.3. The average molecular weight is 465 g/mol. The number of unbranched alkanes of at least 4 members (excludes halogenated alkanes) is 8. The van der Waals surface area contributed by atoms with Gasteiger partial charge >= 0.3 is 0 Å². The van der Waals surface area contributed by atoms with Crippen LogP contribution >= 0.6 is 0 Å². The topological polar surface area (TPSA) is 0 Å². The summed E-state index contributed by atoms with van der Waals surface area (Å²) in [5.41, 5.74) is 0. The van der Waals surface area contributed by atoms with Crippen molar-refractivity contribution in [1.82, 2.24) is 0 Å². The van der Waals surface area contributed by atoms with Crippen LogP contribution in [-0.2, 0) is 0 Å². The van der Waals surface area contributed by atoms with Gasteiger partial charge in [-0.15, -0.1) is 0 Å². The molecule has 0 aliphatic rings. The molecule has 0 spiro atoms. The van der Waals surface area contributed by atoms with Crippen molar-refractivity contribution in [2.45, 2.75) is 214 Å². The Morgan fingerprint density at radius 1 is 0.125 bits per heavy atom. The van der Waals surface area contributed by atoms with Crippen LogP contribution in [0.5, 0.6) is 0 Å². The second-order valence-corrected chi connectivity index (χ2v) is 8.00. The number of rotatable bonds is 8. The Balaban J connectivity index is -0.0000000343. The Morgan fingerprint density at radius 2 is 0.156 bits per heavy atom. The van der Waals surface area contributed by atoms with Gasteiger partial charge < -0.3 is 0 Å².